The van der Waals surface area contributed by atoms with Crippen LogP contribution in [0.3, 0.4) is 0 Å². The van der Waals surface area contributed by atoms with Gasteiger partial charge < -0.3 is 10.6 Å². The minimum absolute atomic E-state index is 0.0867. The van der Waals surface area contributed by atoms with E-state index in [0.717, 1.165) is 34.3 Å². The molecule has 0 unspecified atom stereocenters. The van der Waals surface area contributed by atoms with Crippen molar-refractivity contribution in [1.29, 1.82) is 0 Å². The standard InChI is InChI=1S/C13H21Br2N3/c1-4-5-18(9-13(2,3)8-16)12-11(15)6-10(14)7-17-12/h6-7H,4-5,8-9,16H2,1-3H3. The van der Waals surface area contributed by atoms with E-state index >= 15 is 0 Å². The molecule has 0 spiro atoms. The maximum atomic E-state index is 5.82. The molecule has 0 aliphatic rings. The minimum atomic E-state index is 0.0867. The van der Waals surface area contributed by atoms with Gasteiger partial charge in [-0.25, -0.2) is 4.98 Å². The molecule has 0 aromatic carbocycles. The molecule has 0 saturated carbocycles. The Bertz CT molecular complexity index is 394. The summed E-state index contributed by atoms with van der Waals surface area (Å²) in [5, 5.41) is 0. The molecule has 1 heterocycles. The lowest BCUT2D eigenvalue weighted by atomic mass is 9.93. The van der Waals surface area contributed by atoms with E-state index in [9.17, 15) is 0 Å². The van der Waals surface area contributed by atoms with Gasteiger partial charge in [0.25, 0.3) is 0 Å². The fraction of sp³-hybridized carbons (Fsp3) is 0.615. The van der Waals surface area contributed by atoms with Gasteiger partial charge in [-0.3, -0.25) is 0 Å². The lowest BCUT2D eigenvalue weighted by Gasteiger charge is -2.33. The highest BCUT2D eigenvalue weighted by molar-refractivity contribution is 9.11. The molecule has 0 radical (unpaired) electrons. The summed E-state index contributed by atoms with van der Waals surface area (Å²) < 4.78 is 1.99. The number of hydrogen-bond acceptors (Lipinski definition) is 3. The van der Waals surface area contributed by atoms with Crippen molar-refractivity contribution in [3.8, 4) is 0 Å². The van der Waals surface area contributed by atoms with Crippen LogP contribution in [0.25, 0.3) is 0 Å². The number of halogens is 2. The summed E-state index contributed by atoms with van der Waals surface area (Å²) >= 11 is 7.01. The van der Waals surface area contributed by atoms with Crippen molar-refractivity contribution in [2.75, 3.05) is 24.5 Å². The first-order valence-electron chi connectivity index (χ1n) is 6.15. The van der Waals surface area contributed by atoms with Crippen LogP contribution in [0.1, 0.15) is 27.2 Å². The molecular weight excluding hydrogens is 358 g/mol. The highest BCUT2D eigenvalue weighted by Crippen LogP contribution is 2.29. The predicted octanol–water partition coefficient (Wildman–Crippen LogP) is 3.81. The Labute approximate surface area is 126 Å². The molecular formula is C13H21Br2N3. The van der Waals surface area contributed by atoms with E-state index in [1.54, 1.807) is 0 Å². The van der Waals surface area contributed by atoms with E-state index in [1.807, 2.05) is 12.3 Å². The first-order chi connectivity index (χ1) is 8.39. The molecule has 2 N–H and O–H groups in total. The van der Waals surface area contributed by atoms with Crippen molar-refractivity contribution in [2.24, 2.45) is 11.1 Å². The Morgan fingerprint density at radius 1 is 1.39 bits per heavy atom. The van der Waals surface area contributed by atoms with Gasteiger partial charge in [-0.05, 0) is 56.3 Å². The van der Waals surface area contributed by atoms with Crippen LogP contribution >= 0.6 is 31.9 Å². The summed E-state index contributed by atoms with van der Waals surface area (Å²) in [5.74, 6) is 0.988. The van der Waals surface area contributed by atoms with Gasteiger partial charge in [0, 0.05) is 23.8 Å². The summed E-state index contributed by atoms with van der Waals surface area (Å²) in [6.07, 6.45) is 2.92. The predicted molar refractivity (Wildman–Crippen MR) is 85.0 cm³/mol. The summed E-state index contributed by atoms with van der Waals surface area (Å²) in [6, 6.07) is 2.03. The molecule has 0 bridgehead atoms. The van der Waals surface area contributed by atoms with E-state index in [-0.39, 0.29) is 5.41 Å². The maximum absolute atomic E-state index is 5.82. The van der Waals surface area contributed by atoms with Crippen molar-refractivity contribution < 1.29 is 0 Å². The third kappa shape index (κ3) is 4.52. The fourth-order valence-electron chi connectivity index (χ4n) is 1.75. The van der Waals surface area contributed by atoms with Crippen LogP contribution in [0, 0.1) is 5.41 Å². The second-order valence-corrected chi connectivity index (χ2v) is 7.02. The van der Waals surface area contributed by atoms with E-state index < -0.39 is 0 Å². The Balaban J connectivity index is 2.97. The van der Waals surface area contributed by atoms with Gasteiger partial charge in [0.2, 0.25) is 0 Å². The summed E-state index contributed by atoms with van der Waals surface area (Å²) in [7, 11) is 0. The third-order valence-electron chi connectivity index (χ3n) is 2.75. The number of aromatic nitrogens is 1. The quantitative estimate of drug-likeness (QED) is 0.818. The molecule has 0 saturated heterocycles. The van der Waals surface area contributed by atoms with Gasteiger partial charge in [0.15, 0.2) is 0 Å². The molecule has 0 fully saturated rings. The molecule has 0 atom stereocenters. The summed E-state index contributed by atoms with van der Waals surface area (Å²) in [5.41, 5.74) is 5.91. The summed E-state index contributed by atoms with van der Waals surface area (Å²) in [6.45, 7) is 9.10. The van der Waals surface area contributed by atoms with Gasteiger partial charge >= 0.3 is 0 Å². The molecule has 0 aliphatic heterocycles. The number of hydrogen-bond donors (Lipinski definition) is 1. The van der Waals surface area contributed by atoms with Gasteiger partial charge in [-0.1, -0.05) is 20.8 Å². The van der Waals surface area contributed by atoms with Crippen LogP contribution in [0.15, 0.2) is 21.2 Å². The van der Waals surface area contributed by atoms with Crippen LogP contribution in [0.2, 0.25) is 0 Å². The monoisotopic (exact) mass is 377 g/mol. The van der Waals surface area contributed by atoms with Crippen LogP contribution in [0.4, 0.5) is 5.82 Å². The Morgan fingerprint density at radius 3 is 2.56 bits per heavy atom. The molecule has 18 heavy (non-hydrogen) atoms. The molecule has 1 rings (SSSR count). The highest BCUT2D eigenvalue weighted by Gasteiger charge is 2.22. The van der Waals surface area contributed by atoms with Crippen molar-refractivity contribution in [3.63, 3.8) is 0 Å². The smallest absolute Gasteiger partial charge is 0.142 e. The molecule has 1 aromatic rings. The zero-order chi connectivity index (χ0) is 13.8. The van der Waals surface area contributed by atoms with Gasteiger partial charge in [0.1, 0.15) is 5.82 Å². The van der Waals surface area contributed by atoms with Crippen LogP contribution in [0.5, 0.6) is 0 Å². The van der Waals surface area contributed by atoms with Gasteiger partial charge in [-0.2, -0.15) is 0 Å². The van der Waals surface area contributed by atoms with Crippen molar-refractivity contribution in [2.45, 2.75) is 27.2 Å². The lowest BCUT2D eigenvalue weighted by molar-refractivity contribution is 0.376. The average Bonchev–Trinajstić information content (AvgIpc) is 2.28. The van der Waals surface area contributed by atoms with Crippen molar-refractivity contribution >= 4 is 37.7 Å². The second-order valence-electron chi connectivity index (χ2n) is 5.25. The fourth-order valence-corrected chi connectivity index (χ4v) is 2.99. The first-order valence-corrected chi connectivity index (χ1v) is 7.74. The summed E-state index contributed by atoms with van der Waals surface area (Å²) in [4.78, 5) is 6.80. The Kier molecular flexibility index (Phi) is 6.08. The SMILES string of the molecule is CCCN(CC(C)(C)CN)c1ncc(Br)cc1Br. The Hall–Kier alpha value is -0.130. The molecule has 0 amide bonds. The zero-order valence-electron chi connectivity index (χ0n) is 11.2. The normalized spacial score (nSPS) is 11.7. The van der Waals surface area contributed by atoms with Gasteiger partial charge in [-0.15, -0.1) is 0 Å². The topological polar surface area (TPSA) is 42.1 Å². The third-order valence-corrected chi connectivity index (χ3v) is 3.77. The number of pyridine rings is 1. The molecule has 0 aliphatic carbocycles. The number of anilines is 1. The van der Waals surface area contributed by atoms with Crippen LogP contribution in [-0.2, 0) is 0 Å². The average molecular weight is 379 g/mol. The zero-order valence-corrected chi connectivity index (χ0v) is 14.4. The second kappa shape index (κ2) is 6.87. The minimum Gasteiger partial charge on any atom is -0.355 e. The largest absolute Gasteiger partial charge is 0.355 e. The maximum Gasteiger partial charge on any atom is 0.142 e. The number of nitrogens with two attached hydrogens (primary N) is 1. The molecule has 3 nitrogen and oxygen atoms in total. The first kappa shape index (κ1) is 15.9. The van der Waals surface area contributed by atoms with Crippen molar-refractivity contribution in [3.05, 3.63) is 21.2 Å². The lowest BCUT2D eigenvalue weighted by Crippen LogP contribution is -2.39. The number of rotatable bonds is 6. The Morgan fingerprint density at radius 2 is 2.06 bits per heavy atom. The highest BCUT2D eigenvalue weighted by atomic mass is 79.9. The van der Waals surface area contributed by atoms with Gasteiger partial charge in [0.05, 0.1) is 4.47 Å². The van der Waals surface area contributed by atoms with E-state index in [4.69, 9.17) is 5.73 Å². The van der Waals surface area contributed by atoms with Crippen LogP contribution in [-0.4, -0.2) is 24.6 Å². The van der Waals surface area contributed by atoms with Crippen LogP contribution < -0.4 is 10.6 Å². The van der Waals surface area contributed by atoms with Crippen molar-refractivity contribution in [1.82, 2.24) is 4.98 Å². The molecule has 102 valence electrons. The number of nitrogens with zero attached hydrogens (tertiary/aromatic N) is 2. The van der Waals surface area contributed by atoms with E-state index in [1.165, 1.54) is 0 Å². The van der Waals surface area contributed by atoms with E-state index in [0.29, 0.717) is 6.54 Å². The molecule has 1 aromatic heterocycles. The molecule has 5 heteroatoms. The van der Waals surface area contributed by atoms with E-state index in [2.05, 4.69) is 62.5 Å².